The highest BCUT2D eigenvalue weighted by Gasteiger charge is 2.40. The molecule has 1 aromatic rings. The Bertz CT molecular complexity index is 647. The topological polar surface area (TPSA) is 84.9 Å². The fraction of sp³-hybridized carbons (Fsp3) is 0.474. The first kappa shape index (κ1) is 18.8. The van der Waals surface area contributed by atoms with Crippen molar-refractivity contribution in [1.29, 1.82) is 0 Å². The standard InChI is InChI=1S/C19H25NO5/c1-3-7-14-8-9-15(16(12-14)24-2)25-13-17(21)20-19(18(22)23)10-5-4-6-11-19/h3,7-9,12H,4-6,10-11,13H2,1-2H3,(H,20,21)(H,22,23)/b7-3+. The summed E-state index contributed by atoms with van der Waals surface area (Å²) >= 11 is 0. The van der Waals surface area contributed by atoms with Gasteiger partial charge in [-0.05, 0) is 37.5 Å². The maximum absolute atomic E-state index is 12.2. The van der Waals surface area contributed by atoms with Gasteiger partial charge in [0.05, 0.1) is 7.11 Å². The SMILES string of the molecule is C/C=C/c1ccc(OCC(=O)NC2(C(=O)O)CCCCC2)c(OC)c1. The predicted octanol–water partition coefficient (Wildman–Crippen LogP) is 3.01. The van der Waals surface area contributed by atoms with Crippen molar-refractivity contribution < 1.29 is 24.2 Å². The number of rotatable bonds is 7. The zero-order valence-corrected chi connectivity index (χ0v) is 14.7. The van der Waals surface area contributed by atoms with Crippen LogP contribution in [0, 0.1) is 0 Å². The van der Waals surface area contributed by atoms with Crippen molar-refractivity contribution in [2.24, 2.45) is 0 Å². The molecule has 136 valence electrons. The largest absolute Gasteiger partial charge is 0.493 e. The second kappa shape index (κ2) is 8.55. The number of aliphatic carboxylic acids is 1. The molecule has 0 atom stereocenters. The molecule has 1 aliphatic rings. The molecular formula is C19H25NO5. The Morgan fingerprint density at radius 2 is 1.96 bits per heavy atom. The molecular weight excluding hydrogens is 322 g/mol. The summed E-state index contributed by atoms with van der Waals surface area (Å²) in [5, 5.41) is 12.2. The lowest BCUT2D eigenvalue weighted by Crippen LogP contribution is -2.56. The lowest BCUT2D eigenvalue weighted by Gasteiger charge is -2.33. The summed E-state index contributed by atoms with van der Waals surface area (Å²) in [4.78, 5) is 23.8. The third-order valence-electron chi connectivity index (χ3n) is 4.40. The Hall–Kier alpha value is -2.50. The molecule has 6 nitrogen and oxygen atoms in total. The highest BCUT2D eigenvalue weighted by molar-refractivity contribution is 5.87. The summed E-state index contributed by atoms with van der Waals surface area (Å²) in [6.07, 6.45) is 7.35. The number of nitrogens with one attached hydrogen (secondary N) is 1. The van der Waals surface area contributed by atoms with Crippen LogP contribution in [0.1, 0.15) is 44.6 Å². The van der Waals surface area contributed by atoms with Crippen LogP contribution in [0.2, 0.25) is 0 Å². The number of carboxylic acid groups (broad SMARTS) is 1. The van der Waals surface area contributed by atoms with Crippen LogP contribution in [0.3, 0.4) is 0 Å². The van der Waals surface area contributed by atoms with Gasteiger partial charge in [0.1, 0.15) is 5.54 Å². The van der Waals surface area contributed by atoms with Crippen LogP contribution in [-0.2, 0) is 9.59 Å². The van der Waals surface area contributed by atoms with E-state index < -0.39 is 17.4 Å². The number of hydrogen-bond donors (Lipinski definition) is 2. The summed E-state index contributed by atoms with van der Waals surface area (Å²) in [7, 11) is 1.53. The van der Waals surface area contributed by atoms with Crippen molar-refractivity contribution >= 4 is 18.0 Å². The molecule has 0 bridgehead atoms. The number of methoxy groups -OCH3 is 1. The van der Waals surface area contributed by atoms with Crippen LogP contribution in [0.15, 0.2) is 24.3 Å². The van der Waals surface area contributed by atoms with Crippen LogP contribution in [0.4, 0.5) is 0 Å². The fourth-order valence-corrected chi connectivity index (χ4v) is 3.09. The molecule has 1 aromatic carbocycles. The monoisotopic (exact) mass is 347 g/mol. The third-order valence-corrected chi connectivity index (χ3v) is 4.40. The Balaban J connectivity index is 2.00. The van der Waals surface area contributed by atoms with Gasteiger partial charge >= 0.3 is 5.97 Å². The molecule has 2 rings (SSSR count). The van der Waals surface area contributed by atoms with Gasteiger partial charge in [-0.2, -0.15) is 0 Å². The van der Waals surface area contributed by atoms with E-state index in [-0.39, 0.29) is 6.61 Å². The van der Waals surface area contributed by atoms with E-state index in [4.69, 9.17) is 9.47 Å². The van der Waals surface area contributed by atoms with Crippen LogP contribution in [0.25, 0.3) is 6.08 Å². The first-order chi connectivity index (χ1) is 12.0. The average molecular weight is 347 g/mol. The molecule has 1 saturated carbocycles. The molecule has 0 heterocycles. The predicted molar refractivity (Wildman–Crippen MR) is 94.8 cm³/mol. The van der Waals surface area contributed by atoms with E-state index in [9.17, 15) is 14.7 Å². The van der Waals surface area contributed by atoms with Gasteiger partial charge < -0.3 is 19.9 Å². The van der Waals surface area contributed by atoms with Gasteiger partial charge in [-0.25, -0.2) is 4.79 Å². The van der Waals surface area contributed by atoms with Gasteiger partial charge in [0.25, 0.3) is 5.91 Å². The average Bonchev–Trinajstić information content (AvgIpc) is 2.61. The number of carboxylic acids is 1. The maximum atomic E-state index is 12.2. The summed E-state index contributed by atoms with van der Waals surface area (Å²) in [6, 6.07) is 5.40. The van der Waals surface area contributed by atoms with Crippen LogP contribution >= 0.6 is 0 Å². The van der Waals surface area contributed by atoms with Gasteiger partial charge in [0.2, 0.25) is 0 Å². The molecule has 0 saturated heterocycles. The number of hydrogen-bond acceptors (Lipinski definition) is 4. The molecule has 6 heteroatoms. The Morgan fingerprint density at radius 1 is 1.24 bits per heavy atom. The molecule has 0 aliphatic heterocycles. The minimum absolute atomic E-state index is 0.256. The van der Waals surface area contributed by atoms with Crippen molar-refractivity contribution in [2.75, 3.05) is 13.7 Å². The van der Waals surface area contributed by atoms with Gasteiger partial charge in [0, 0.05) is 0 Å². The van der Waals surface area contributed by atoms with Crippen LogP contribution in [0.5, 0.6) is 11.5 Å². The van der Waals surface area contributed by atoms with Crippen molar-refractivity contribution in [3.63, 3.8) is 0 Å². The highest BCUT2D eigenvalue weighted by Crippen LogP contribution is 2.30. The molecule has 1 fully saturated rings. The summed E-state index contributed by atoms with van der Waals surface area (Å²) in [5.41, 5.74) is -0.207. The van der Waals surface area contributed by atoms with Gasteiger partial charge in [-0.3, -0.25) is 4.79 Å². The summed E-state index contributed by atoms with van der Waals surface area (Å²) < 4.78 is 10.8. The van der Waals surface area contributed by atoms with E-state index in [0.717, 1.165) is 24.8 Å². The van der Waals surface area contributed by atoms with Gasteiger partial charge in [0.15, 0.2) is 18.1 Å². The van der Waals surface area contributed by atoms with Crippen molar-refractivity contribution in [3.8, 4) is 11.5 Å². The number of benzene rings is 1. The lowest BCUT2D eigenvalue weighted by molar-refractivity contribution is -0.149. The molecule has 0 radical (unpaired) electrons. The Labute approximate surface area is 147 Å². The fourth-order valence-electron chi connectivity index (χ4n) is 3.09. The molecule has 1 aliphatic carbocycles. The third kappa shape index (κ3) is 4.75. The Kier molecular flexibility index (Phi) is 6.44. The van der Waals surface area contributed by atoms with Crippen molar-refractivity contribution in [2.45, 2.75) is 44.6 Å². The molecule has 1 amide bonds. The van der Waals surface area contributed by atoms with E-state index in [1.54, 1.807) is 6.07 Å². The van der Waals surface area contributed by atoms with E-state index in [1.165, 1.54) is 7.11 Å². The lowest BCUT2D eigenvalue weighted by atomic mass is 9.81. The number of amides is 1. The quantitative estimate of drug-likeness (QED) is 0.792. The summed E-state index contributed by atoms with van der Waals surface area (Å²) in [5.74, 6) is -0.453. The minimum Gasteiger partial charge on any atom is -0.493 e. The maximum Gasteiger partial charge on any atom is 0.329 e. The number of carbonyl (C=O) groups is 2. The van der Waals surface area contributed by atoms with Crippen molar-refractivity contribution in [3.05, 3.63) is 29.8 Å². The molecule has 2 N–H and O–H groups in total. The second-order valence-electron chi connectivity index (χ2n) is 6.20. The molecule has 0 unspecified atom stereocenters. The highest BCUT2D eigenvalue weighted by atomic mass is 16.5. The number of carbonyl (C=O) groups excluding carboxylic acids is 1. The second-order valence-corrected chi connectivity index (χ2v) is 6.20. The smallest absolute Gasteiger partial charge is 0.329 e. The van der Waals surface area contributed by atoms with Crippen LogP contribution < -0.4 is 14.8 Å². The van der Waals surface area contributed by atoms with Crippen molar-refractivity contribution in [1.82, 2.24) is 5.32 Å². The number of allylic oxidation sites excluding steroid dienone is 1. The first-order valence-electron chi connectivity index (χ1n) is 8.49. The zero-order valence-electron chi connectivity index (χ0n) is 14.7. The normalized spacial score (nSPS) is 16.4. The van der Waals surface area contributed by atoms with E-state index in [0.29, 0.717) is 24.3 Å². The molecule has 0 aromatic heterocycles. The summed E-state index contributed by atoms with van der Waals surface area (Å²) in [6.45, 7) is 1.67. The number of ether oxygens (including phenoxy) is 2. The van der Waals surface area contributed by atoms with E-state index >= 15 is 0 Å². The van der Waals surface area contributed by atoms with Gasteiger partial charge in [-0.1, -0.05) is 37.5 Å². The van der Waals surface area contributed by atoms with E-state index in [2.05, 4.69) is 5.32 Å². The van der Waals surface area contributed by atoms with E-state index in [1.807, 2.05) is 31.2 Å². The van der Waals surface area contributed by atoms with Crippen LogP contribution in [-0.4, -0.2) is 36.2 Å². The van der Waals surface area contributed by atoms with Gasteiger partial charge in [-0.15, -0.1) is 0 Å². The Morgan fingerprint density at radius 3 is 2.56 bits per heavy atom. The molecule has 25 heavy (non-hydrogen) atoms. The molecule has 0 spiro atoms. The first-order valence-corrected chi connectivity index (χ1v) is 8.49. The minimum atomic E-state index is -1.17. The zero-order chi connectivity index (χ0) is 18.3.